The molecule has 2 aliphatic carbocycles. The van der Waals surface area contributed by atoms with Gasteiger partial charge in [-0.25, -0.2) is 9.78 Å². The van der Waals surface area contributed by atoms with Gasteiger partial charge < -0.3 is 44.3 Å². The minimum atomic E-state index is -1.11. The van der Waals surface area contributed by atoms with Crippen molar-refractivity contribution >= 4 is 46.6 Å². The molecule has 16 heteroatoms. The Morgan fingerprint density at radius 3 is 2.34 bits per heavy atom. The Kier molecular flexibility index (Phi) is 15.0. The number of unbranched alkanes of at least 4 members (excludes halogenated alkanes) is 1. The molecule has 1 aromatic carbocycles. The number of esters is 1. The van der Waals surface area contributed by atoms with E-state index in [2.05, 4.69) is 15.6 Å². The fraction of sp³-hybridized carbons (Fsp3) is 0.643. The van der Waals surface area contributed by atoms with E-state index in [9.17, 15) is 28.8 Å². The maximum atomic E-state index is 14.1. The zero-order valence-corrected chi connectivity index (χ0v) is 33.8. The number of carbonyl (C=O) groups excluding carboxylic acids is 6. The molecular weight excluding hydrogens is 748 g/mol. The quantitative estimate of drug-likeness (QED) is 0.174. The first-order chi connectivity index (χ1) is 28.1. The number of methoxy groups -OCH3 is 1. The summed E-state index contributed by atoms with van der Waals surface area (Å²) in [6.07, 6.45) is 9.64. The van der Waals surface area contributed by atoms with E-state index in [1.165, 1.54) is 13.2 Å². The zero-order chi connectivity index (χ0) is 41.0. The van der Waals surface area contributed by atoms with E-state index < -0.39 is 36.0 Å². The Balaban J connectivity index is 1.15. The van der Waals surface area contributed by atoms with Gasteiger partial charge in [-0.15, -0.1) is 0 Å². The molecule has 1 aromatic heterocycles. The highest BCUT2D eigenvalue weighted by molar-refractivity contribution is 6.00. The number of likely N-dealkylation sites (tertiary alicyclic amines) is 1. The highest BCUT2D eigenvalue weighted by atomic mass is 16.6. The van der Waals surface area contributed by atoms with Gasteiger partial charge in [0.1, 0.15) is 29.3 Å². The number of ether oxygens (including phenoxy) is 4. The Hall–Kier alpha value is -5.15. The number of benzene rings is 1. The number of carbonyl (C=O) groups is 6. The Morgan fingerprint density at radius 1 is 0.879 bits per heavy atom. The van der Waals surface area contributed by atoms with Crippen LogP contribution in [0.15, 0.2) is 24.3 Å². The second kappa shape index (κ2) is 20.5. The Morgan fingerprint density at radius 2 is 1.64 bits per heavy atom. The van der Waals surface area contributed by atoms with Gasteiger partial charge in [0.2, 0.25) is 11.8 Å². The molecule has 2 N–H and O–H groups in total. The van der Waals surface area contributed by atoms with Crippen molar-refractivity contribution < 1.29 is 47.7 Å². The smallest absolute Gasteiger partial charge is 0.409 e. The molecule has 2 aromatic rings. The number of nitrogens with zero attached hydrogens (tertiary/aromatic N) is 4. The second-order valence-corrected chi connectivity index (χ2v) is 15.7. The summed E-state index contributed by atoms with van der Waals surface area (Å²) in [5.41, 5.74) is 0.275. The van der Waals surface area contributed by atoms with Crippen LogP contribution in [-0.2, 0) is 28.7 Å². The van der Waals surface area contributed by atoms with Gasteiger partial charge in [-0.05, 0) is 75.8 Å². The van der Waals surface area contributed by atoms with E-state index in [1.54, 1.807) is 32.9 Å². The molecule has 5 amide bonds. The van der Waals surface area contributed by atoms with Crippen LogP contribution in [-0.4, -0.2) is 133 Å². The third-order valence-electron chi connectivity index (χ3n) is 11.7. The molecule has 2 atom stereocenters. The van der Waals surface area contributed by atoms with Gasteiger partial charge in [-0.3, -0.25) is 24.0 Å². The van der Waals surface area contributed by atoms with E-state index in [1.807, 2.05) is 6.92 Å². The van der Waals surface area contributed by atoms with E-state index in [0.29, 0.717) is 55.2 Å². The topological polar surface area (TPSA) is 186 Å². The number of rotatable bonds is 17. The summed E-state index contributed by atoms with van der Waals surface area (Å²) < 4.78 is 22.4. The van der Waals surface area contributed by atoms with E-state index in [0.717, 1.165) is 57.8 Å². The number of hydrogen-bond acceptors (Lipinski definition) is 11. The average Bonchev–Trinajstić information content (AvgIpc) is 3.95. The largest absolute Gasteiger partial charge is 0.497 e. The van der Waals surface area contributed by atoms with Gasteiger partial charge in [0.25, 0.3) is 11.8 Å². The lowest BCUT2D eigenvalue weighted by molar-refractivity contribution is -0.145. The summed E-state index contributed by atoms with van der Waals surface area (Å²) in [5.74, 6) is -1.01. The van der Waals surface area contributed by atoms with Crippen molar-refractivity contribution in [3.63, 3.8) is 0 Å². The van der Waals surface area contributed by atoms with Gasteiger partial charge in [0, 0.05) is 62.7 Å². The van der Waals surface area contributed by atoms with Crippen LogP contribution in [0.4, 0.5) is 4.79 Å². The van der Waals surface area contributed by atoms with Crippen molar-refractivity contribution in [2.75, 3.05) is 59.7 Å². The zero-order valence-electron chi connectivity index (χ0n) is 33.8. The number of fused-ring (bicyclic) bond motifs is 1. The highest BCUT2D eigenvalue weighted by Crippen LogP contribution is 2.30. The molecule has 2 saturated carbocycles. The number of pyridine rings is 1. The van der Waals surface area contributed by atoms with E-state index in [4.69, 9.17) is 18.9 Å². The third kappa shape index (κ3) is 11.1. The fourth-order valence-electron chi connectivity index (χ4n) is 7.89. The lowest BCUT2D eigenvalue weighted by Crippen LogP contribution is -2.56. The van der Waals surface area contributed by atoms with Crippen molar-refractivity contribution in [2.24, 2.45) is 5.92 Å². The maximum absolute atomic E-state index is 14.1. The molecule has 0 unspecified atom stereocenters. The monoisotopic (exact) mass is 806 g/mol. The predicted molar refractivity (Wildman–Crippen MR) is 212 cm³/mol. The van der Waals surface area contributed by atoms with Crippen LogP contribution in [0.5, 0.6) is 11.5 Å². The molecule has 58 heavy (non-hydrogen) atoms. The average molecular weight is 807 g/mol. The van der Waals surface area contributed by atoms with Gasteiger partial charge in [0.05, 0.1) is 25.8 Å². The molecule has 3 heterocycles. The molecule has 0 spiro atoms. The number of hydrogen-bond donors (Lipinski definition) is 2. The summed E-state index contributed by atoms with van der Waals surface area (Å²) in [7, 11) is 1.51. The molecule has 4 aliphatic rings. The summed E-state index contributed by atoms with van der Waals surface area (Å²) in [5, 5.41) is 6.39. The number of piperazine rings is 1. The summed E-state index contributed by atoms with van der Waals surface area (Å²) >= 11 is 0. The molecule has 2 saturated heterocycles. The SMILES string of the molecule is CCCCOC(=O)N1CCN(C(=O)[C@H](CCC(=O)OCC2CCCC2)NC(=O)c2cc(OCC(=O)N3CCC[C@H]3C(=O)NC3CCC3)c3ccc(OC)cc3n2)CC1. The van der Waals surface area contributed by atoms with Crippen molar-refractivity contribution in [3.05, 3.63) is 30.0 Å². The first-order valence-corrected chi connectivity index (χ1v) is 21.0. The van der Waals surface area contributed by atoms with Crippen LogP contribution < -0.4 is 20.1 Å². The van der Waals surface area contributed by atoms with Gasteiger partial charge in [-0.1, -0.05) is 26.2 Å². The highest BCUT2D eigenvalue weighted by Gasteiger charge is 2.36. The number of amides is 5. The molecule has 316 valence electrons. The number of aromatic nitrogens is 1. The van der Waals surface area contributed by atoms with Crippen LogP contribution in [0.3, 0.4) is 0 Å². The predicted octanol–water partition coefficient (Wildman–Crippen LogP) is 3.97. The van der Waals surface area contributed by atoms with Gasteiger partial charge in [0.15, 0.2) is 6.61 Å². The maximum Gasteiger partial charge on any atom is 0.409 e. The summed E-state index contributed by atoms with van der Waals surface area (Å²) in [4.78, 5) is 89.3. The van der Waals surface area contributed by atoms with Crippen LogP contribution >= 0.6 is 0 Å². The van der Waals surface area contributed by atoms with Crippen molar-refractivity contribution in [1.29, 1.82) is 0 Å². The standard InChI is InChI=1S/C42H58N6O10/c1-3-4-23-56-42(54)47-21-19-46(20-22-47)41(53)32(16-17-38(50)58-26-28-9-5-6-10-28)45-39(51)34-25-36(31-15-14-30(55-2)24-33(31)44-34)57-27-37(49)48-18-8-13-35(48)40(52)43-29-11-7-12-29/h14-15,24-25,28-29,32,35H,3-13,16-23,26-27H2,1-2H3,(H,43,52)(H,45,51)/t32-,35-/m0/s1. The molecule has 4 fully saturated rings. The lowest BCUT2D eigenvalue weighted by atomic mass is 9.93. The molecule has 0 radical (unpaired) electrons. The molecule has 2 aliphatic heterocycles. The van der Waals surface area contributed by atoms with Crippen molar-refractivity contribution in [2.45, 2.75) is 109 Å². The van der Waals surface area contributed by atoms with Crippen LogP contribution in [0, 0.1) is 5.92 Å². The van der Waals surface area contributed by atoms with Crippen molar-refractivity contribution in [3.8, 4) is 11.5 Å². The first kappa shape index (κ1) is 42.5. The molecule has 16 nitrogen and oxygen atoms in total. The Bertz CT molecular complexity index is 1790. The van der Waals surface area contributed by atoms with E-state index in [-0.39, 0.29) is 74.9 Å². The van der Waals surface area contributed by atoms with Crippen LogP contribution in [0.25, 0.3) is 10.9 Å². The number of nitrogens with one attached hydrogen (secondary N) is 2. The second-order valence-electron chi connectivity index (χ2n) is 15.7. The minimum Gasteiger partial charge on any atom is -0.497 e. The van der Waals surface area contributed by atoms with Crippen LogP contribution in [0.2, 0.25) is 0 Å². The molecule has 6 rings (SSSR count). The van der Waals surface area contributed by atoms with Crippen molar-refractivity contribution in [1.82, 2.24) is 30.3 Å². The fourth-order valence-corrected chi connectivity index (χ4v) is 7.89. The summed E-state index contributed by atoms with van der Waals surface area (Å²) in [6, 6.07) is 4.98. The van der Waals surface area contributed by atoms with Crippen LogP contribution in [0.1, 0.15) is 101 Å². The molecular formula is C42H58N6O10. The third-order valence-corrected chi connectivity index (χ3v) is 11.7. The van der Waals surface area contributed by atoms with Gasteiger partial charge >= 0.3 is 12.1 Å². The lowest BCUT2D eigenvalue weighted by Gasteiger charge is -2.36. The van der Waals surface area contributed by atoms with E-state index >= 15 is 0 Å². The normalized spacial score (nSPS) is 19.0. The minimum absolute atomic E-state index is 0.0159. The summed E-state index contributed by atoms with van der Waals surface area (Å²) in [6.45, 7) is 3.71. The Labute approximate surface area is 339 Å². The van der Waals surface area contributed by atoms with Gasteiger partial charge in [-0.2, -0.15) is 0 Å². The molecule has 0 bridgehead atoms. The first-order valence-electron chi connectivity index (χ1n) is 21.0.